The zero-order chi connectivity index (χ0) is 14.8. The van der Waals surface area contributed by atoms with Gasteiger partial charge in [0.15, 0.2) is 0 Å². The maximum atomic E-state index is 8.92. The molecule has 0 aliphatic carbocycles. The Labute approximate surface area is 124 Å². The molecule has 1 rings (SSSR count). The molecule has 5 nitrogen and oxygen atoms in total. The molecular weight excluding hydrogens is 250 g/mol. The van der Waals surface area contributed by atoms with Crippen LogP contribution < -0.4 is 0 Å². The molecule has 116 valence electrons. The maximum absolute atomic E-state index is 8.92. The van der Waals surface area contributed by atoms with E-state index in [1.807, 2.05) is 0 Å². The minimum Gasteiger partial charge on any atom is -0.305 e. The number of nitrogens with zero attached hydrogens (tertiary/aromatic N) is 5. The van der Waals surface area contributed by atoms with Crippen LogP contribution >= 0.6 is 0 Å². The van der Waals surface area contributed by atoms with Crippen LogP contribution in [0.3, 0.4) is 0 Å². The lowest BCUT2D eigenvalue weighted by Crippen LogP contribution is -2.38. The van der Waals surface area contributed by atoms with E-state index in [0.717, 1.165) is 52.2 Å². The minimum absolute atomic E-state index is 0.556. The molecule has 0 aromatic heterocycles. The van der Waals surface area contributed by atoms with Crippen molar-refractivity contribution in [1.29, 1.82) is 5.26 Å². The predicted octanol–water partition coefficient (Wildman–Crippen LogP) is 0.401. The summed E-state index contributed by atoms with van der Waals surface area (Å²) in [4.78, 5) is 9.50. The highest BCUT2D eigenvalue weighted by molar-refractivity contribution is 4.77. The summed E-state index contributed by atoms with van der Waals surface area (Å²) in [5, 5.41) is 8.92. The summed E-state index contributed by atoms with van der Waals surface area (Å²) in [5.41, 5.74) is 0. The van der Waals surface area contributed by atoms with Gasteiger partial charge in [0.2, 0.25) is 0 Å². The molecule has 0 N–H and O–H groups in total. The van der Waals surface area contributed by atoms with Crippen molar-refractivity contribution in [3.05, 3.63) is 0 Å². The van der Waals surface area contributed by atoms with E-state index >= 15 is 0 Å². The first kappa shape index (κ1) is 17.4. The van der Waals surface area contributed by atoms with Crippen LogP contribution in [0.15, 0.2) is 0 Å². The lowest BCUT2D eigenvalue weighted by molar-refractivity contribution is 0.199. The summed E-state index contributed by atoms with van der Waals surface area (Å²) >= 11 is 0. The summed E-state index contributed by atoms with van der Waals surface area (Å²) in [5.74, 6) is 0. The topological polar surface area (TPSA) is 36.8 Å². The Morgan fingerprint density at radius 3 is 1.65 bits per heavy atom. The van der Waals surface area contributed by atoms with Crippen molar-refractivity contribution in [2.24, 2.45) is 0 Å². The molecular formula is C15H31N5. The lowest BCUT2D eigenvalue weighted by Gasteiger charge is -2.27. The maximum Gasteiger partial charge on any atom is 0.0866 e. The summed E-state index contributed by atoms with van der Waals surface area (Å²) in [7, 11) is 6.60. The molecule has 1 heterocycles. The van der Waals surface area contributed by atoms with Gasteiger partial charge in [-0.15, -0.1) is 0 Å². The van der Waals surface area contributed by atoms with E-state index in [0.29, 0.717) is 6.54 Å². The Morgan fingerprint density at radius 2 is 1.15 bits per heavy atom. The van der Waals surface area contributed by atoms with Crippen LogP contribution in [-0.4, -0.2) is 99.6 Å². The first-order valence-corrected chi connectivity index (χ1v) is 7.76. The molecule has 0 unspecified atom stereocenters. The van der Waals surface area contributed by atoms with Crippen LogP contribution in [0, 0.1) is 11.3 Å². The molecule has 0 radical (unpaired) electrons. The summed E-state index contributed by atoms with van der Waals surface area (Å²) < 4.78 is 0. The van der Waals surface area contributed by atoms with E-state index in [1.165, 1.54) is 13.0 Å². The Kier molecular flexibility index (Phi) is 8.79. The minimum atomic E-state index is 0.556. The molecule has 1 aliphatic heterocycles. The molecule has 0 atom stereocenters. The van der Waals surface area contributed by atoms with Crippen molar-refractivity contribution < 1.29 is 0 Å². The monoisotopic (exact) mass is 281 g/mol. The van der Waals surface area contributed by atoms with Crippen LogP contribution in [0.5, 0.6) is 0 Å². The van der Waals surface area contributed by atoms with Gasteiger partial charge in [0, 0.05) is 32.7 Å². The Bertz CT molecular complexity index is 288. The molecule has 0 spiro atoms. The fraction of sp³-hybridized carbons (Fsp3) is 0.933. The third kappa shape index (κ3) is 7.81. The Hall–Kier alpha value is -0.670. The van der Waals surface area contributed by atoms with Gasteiger partial charge in [-0.3, -0.25) is 4.90 Å². The summed E-state index contributed by atoms with van der Waals surface area (Å²) in [6.07, 6.45) is 2.36. The molecule has 0 bridgehead atoms. The molecule has 20 heavy (non-hydrogen) atoms. The van der Waals surface area contributed by atoms with Crippen molar-refractivity contribution in [1.82, 2.24) is 19.6 Å². The van der Waals surface area contributed by atoms with Gasteiger partial charge in [-0.1, -0.05) is 0 Å². The number of hydrogen-bond donors (Lipinski definition) is 0. The first-order chi connectivity index (χ1) is 9.61. The Balaban J connectivity index is 2.46. The second-order valence-electron chi connectivity index (χ2n) is 6.05. The second kappa shape index (κ2) is 10.1. The van der Waals surface area contributed by atoms with Gasteiger partial charge in [-0.25, -0.2) is 0 Å². The molecule has 1 saturated heterocycles. The molecule has 0 aromatic rings. The second-order valence-corrected chi connectivity index (χ2v) is 6.05. The van der Waals surface area contributed by atoms with Gasteiger partial charge >= 0.3 is 0 Å². The van der Waals surface area contributed by atoms with Crippen molar-refractivity contribution in [3.8, 4) is 6.07 Å². The van der Waals surface area contributed by atoms with Gasteiger partial charge < -0.3 is 14.7 Å². The zero-order valence-electron chi connectivity index (χ0n) is 13.5. The highest BCUT2D eigenvalue weighted by atomic mass is 15.2. The van der Waals surface area contributed by atoms with Crippen LogP contribution in [-0.2, 0) is 0 Å². The number of hydrogen-bond acceptors (Lipinski definition) is 5. The van der Waals surface area contributed by atoms with Crippen LogP contribution in [0.2, 0.25) is 0 Å². The molecule has 0 amide bonds. The standard InChI is InChI=1S/C15H31N5/c1-17-7-4-8-19(3)14-15-20(11-6-16)10-5-9-18(2)13-12-17/h4-5,7-15H2,1-3H3. The number of nitriles is 1. The van der Waals surface area contributed by atoms with E-state index in [1.54, 1.807) is 0 Å². The zero-order valence-corrected chi connectivity index (χ0v) is 13.5. The third-order valence-electron chi connectivity index (χ3n) is 4.05. The quantitative estimate of drug-likeness (QED) is 0.650. The molecule has 5 heteroatoms. The fourth-order valence-corrected chi connectivity index (χ4v) is 2.53. The van der Waals surface area contributed by atoms with Gasteiger partial charge in [0.1, 0.15) is 0 Å². The van der Waals surface area contributed by atoms with E-state index in [2.05, 4.69) is 46.8 Å². The van der Waals surface area contributed by atoms with Gasteiger partial charge in [0.05, 0.1) is 12.6 Å². The van der Waals surface area contributed by atoms with Crippen molar-refractivity contribution >= 4 is 0 Å². The fourth-order valence-electron chi connectivity index (χ4n) is 2.53. The average Bonchev–Trinajstić information content (AvgIpc) is 2.41. The van der Waals surface area contributed by atoms with E-state index in [9.17, 15) is 0 Å². The van der Waals surface area contributed by atoms with Crippen LogP contribution in [0.25, 0.3) is 0 Å². The van der Waals surface area contributed by atoms with Gasteiger partial charge in [-0.05, 0) is 53.6 Å². The highest BCUT2D eigenvalue weighted by Crippen LogP contribution is 1.98. The van der Waals surface area contributed by atoms with Crippen molar-refractivity contribution in [2.75, 3.05) is 80.0 Å². The van der Waals surface area contributed by atoms with Gasteiger partial charge in [-0.2, -0.15) is 5.26 Å². The largest absolute Gasteiger partial charge is 0.305 e. The molecule has 1 aliphatic rings. The normalized spacial score (nSPS) is 24.1. The van der Waals surface area contributed by atoms with E-state index < -0.39 is 0 Å². The predicted molar refractivity (Wildman–Crippen MR) is 83.8 cm³/mol. The molecule has 0 aromatic carbocycles. The molecule has 0 saturated carbocycles. The van der Waals surface area contributed by atoms with Crippen LogP contribution in [0.1, 0.15) is 12.8 Å². The SMILES string of the molecule is CN1CCCN(C)CCN(CC#N)CCCN(C)CC1. The number of rotatable bonds is 1. The summed E-state index contributed by atoms with van der Waals surface area (Å²) in [6.45, 7) is 9.34. The molecule has 1 fully saturated rings. The highest BCUT2D eigenvalue weighted by Gasteiger charge is 2.09. The lowest BCUT2D eigenvalue weighted by atomic mass is 10.3. The Morgan fingerprint density at radius 1 is 0.700 bits per heavy atom. The number of likely N-dealkylation sites (N-methyl/N-ethyl adjacent to an activating group) is 3. The van der Waals surface area contributed by atoms with Crippen molar-refractivity contribution in [3.63, 3.8) is 0 Å². The third-order valence-corrected chi connectivity index (χ3v) is 4.05. The van der Waals surface area contributed by atoms with Gasteiger partial charge in [0.25, 0.3) is 0 Å². The smallest absolute Gasteiger partial charge is 0.0866 e. The van der Waals surface area contributed by atoms with E-state index in [4.69, 9.17) is 5.26 Å². The van der Waals surface area contributed by atoms with Crippen molar-refractivity contribution in [2.45, 2.75) is 12.8 Å². The van der Waals surface area contributed by atoms with E-state index in [-0.39, 0.29) is 0 Å². The average molecular weight is 281 g/mol. The first-order valence-electron chi connectivity index (χ1n) is 7.76. The van der Waals surface area contributed by atoms with Crippen LogP contribution in [0.4, 0.5) is 0 Å². The summed E-state index contributed by atoms with van der Waals surface area (Å²) in [6, 6.07) is 2.29.